The first-order valence-electron chi connectivity index (χ1n) is 8.00. The summed E-state index contributed by atoms with van der Waals surface area (Å²) in [4.78, 5) is 24.0. The summed E-state index contributed by atoms with van der Waals surface area (Å²) in [6.07, 6.45) is 1.39. The predicted octanol–water partition coefficient (Wildman–Crippen LogP) is 3.25. The van der Waals surface area contributed by atoms with Crippen LogP contribution in [0.1, 0.15) is 40.5 Å². The maximum Gasteiger partial charge on any atom is 0.408 e. The van der Waals surface area contributed by atoms with Crippen molar-refractivity contribution < 1.29 is 18.7 Å². The molecular formula is C17H24FN3O3. The molecule has 132 valence electrons. The van der Waals surface area contributed by atoms with Crippen molar-refractivity contribution in [3.63, 3.8) is 0 Å². The first-order chi connectivity index (χ1) is 11.1. The Balaban J connectivity index is 1.97. The molecule has 1 aromatic rings. The van der Waals surface area contributed by atoms with Crippen molar-refractivity contribution in [1.29, 1.82) is 0 Å². The molecule has 2 rings (SSSR count). The number of alkyl carbamates (subject to hydrolysis) is 1. The lowest BCUT2D eigenvalue weighted by molar-refractivity contribution is -0.117. The third-order valence-electron chi connectivity index (χ3n) is 3.30. The number of nitrogens with one attached hydrogen (secondary N) is 3. The smallest absolute Gasteiger partial charge is 0.408 e. The van der Waals surface area contributed by atoms with Crippen LogP contribution in [0.25, 0.3) is 0 Å². The van der Waals surface area contributed by atoms with E-state index < -0.39 is 23.6 Å². The normalized spacial score (nSPS) is 15.4. The Morgan fingerprint density at radius 2 is 1.92 bits per heavy atom. The van der Waals surface area contributed by atoms with Crippen molar-refractivity contribution in [3.8, 4) is 0 Å². The van der Waals surface area contributed by atoms with E-state index >= 15 is 0 Å². The molecule has 1 saturated carbocycles. The molecular weight excluding hydrogens is 313 g/mol. The zero-order chi connectivity index (χ0) is 17.9. The van der Waals surface area contributed by atoms with Crippen molar-refractivity contribution in [2.75, 3.05) is 10.6 Å². The third kappa shape index (κ3) is 5.72. The number of rotatable bonds is 5. The van der Waals surface area contributed by atoms with Gasteiger partial charge < -0.3 is 20.7 Å². The lowest BCUT2D eigenvalue weighted by Crippen LogP contribution is -2.44. The average Bonchev–Trinajstić information content (AvgIpc) is 3.23. The summed E-state index contributed by atoms with van der Waals surface area (Å²) in [6.45, 7) is 6.78. The van der Waals surface area contributed by atoms with E-state index in [1.54, 1.807) is 27.7 Å². The quantitative estimate of drug-likeness (QED) is 0.770. The second kappa shape index (κ2) is 7.07. The van der Waals surface area contributed by atoms with Gasteiger partial charge in [-0.15, -0.1) is 0 Å². The number of carbonyl (C=O) groups excluding carboxylic acids is 2. The number of halogens is 1. The minimum absolute atomic E-state index is 0.319. The molecule has 2 amide bonds. The lowest BCUT2D eigenvalue weighted by atomic mass is 10.2. The molecule has 1 unspecified atom stereocenters. The number of hydrogen-bond acceptors (Lipinski definition) is 4. The van der Waals surface area contributed by atoms with E-state index in [1.807, 2.05) is 0 Å². The fourth-order valence-corrected chi connectivity index (χ4v) is 1.98. The van der Waals surface area contributed by atoms with Gasteiger partial charge in [-0.05, 0) is 58.7 Å². The second-order valence-corrected chi connectivity index (χ2v) is 6.97. The molecule has 0 aliphatic heterocycles. The van der Waals surface area contributed by atoms with Crippen molar-refractivity contribution in [2.45, 2.75) is 58.2 Å². The highest BCUT2D eigenvalue weighted by molar-refractivity contribution is 5.98. The zero-order valence-electron chi connectivity index (χ0n) is 14.4. The Kier molecular flexibility index (Phi) is 5.31. The Morgan fingerprint density at radius 1 is 1.25 bits per heavy atom. The standard InChI is InChI=1S/C17H24FN3O3/c1-10(19-16(23)24-17(2,3)4)15(22)21-13-8-5-11(18)9-14(13)20-12-6-7-12/h5,8-10,12,20H,6-7H2,1-4H3,(H,19,23)(H,21,22). The Hall–Kier alpha value is -2.31. The SMILES string of the molecule is CC(NC(=O)OC(C)(C)C)C(=O)Nc1ccc(F)cc1NC1CC1. The number of hydrogen-bond donors (Lipinski definition) is 3. The van der Waals surface area contributed by atoms with E-state index in [4.69, 9.17) is 4.74 Å². The molecule has 6 nitrogen and oxygen atoms in total. The Bertz CT molecular complexity index is 624. The van der Waals surface area contributed by atoms with Crippen LogP contribution in [0.2, 0.25) is 0 Å². The van der Waals surface area contributed by atoms with E-state index in [2.05, 4.69) is 16.0 Å². The van der Waals surface area contributed by atoms with Crippen LogP contribution in [0.5, 0.6) is 0 Å². The van der Waals surface area contributed by atoms with E-state index in [-0.39, 0.29) is 5.82 Å². The van der Waals surface area contributed by atoms with Crippen LogP contribution < -0.4 is 16.0 Å². The van der Waals surface area contributed by atoms with Gasteiger partial charge in [0.25, 0.3) is 0 Å². The van der Waals surface area contributed by atoms with Gasteiger partial charge in [-0.1, -0.05) is 0 Å². The lowest BCUT2D eigenvalue weighted by Gasteiger charge is -2.22. The first-order valence-corrected chi connectivity index (χ1v) is 8.00. The summed E-state index contributed by atoms with van der Waals surface area (Å²) >= 11 is 0. The summed E-state index contributed by atoms with van der Waals surface area (Å²) in [6, 6.07) is 3.65. The molecule has 0 spiro atoms. The maximum absolute atomic E-state index is 13.4. The van der Waals surface area contributed by atoms with Crippen LogP contribution in [0.4, 0.5) is 20.6 Å². The van der Waals surface area contributed by atoms with Crippen molar-refractivity contribution in [2.24, 2.45) is 0 Å². The van der Waals surface area contributed by atoms with Crippen LogP contribution in [0.3, 0.4) is 0 Å². The summed E-state index contributed by atoms with van der Waals surface area (Å²) in [5, 5.41) is 8.35. The fraction of sp³-hybridized carbons (Fsp3) is 0.529. The predicted molar refractivity (Wildman–Crippen MR) is 90.5 cm³/mol. The molecule has 0 aromatic heterocycles. The number of ether oxygens (including phenoxy) is 1. The summed E-state index contributed by atoms with van der Waals surface area (Å²) in [5.74, 6) is -0.789. The van der Waals surface area contributed by atoms with Crippen LogP contribution in [0, 0.1) is 5.82 Å². The van der Waals surface area contributed by atoms with E-state index in [9.17, 15) is 14.0 Å². The van der Waals surface area contributed by atoms with Gasteiger partial charge in [-0.25, -0.2) is 9.18 Å². The van der Waals surface area contributed by atoms with Gasteiger partial charge in [-0.2, -0.15) is 0 Å². The van der Waals surface area contributed by atoms with Crippen LogP contribution >= 0.6 is 0 Å². The van der Waals surface area contributed by atoms with Crippen LogP contribution in [-0.2, 0) is 9.53 Å². The third-order valence-corrected chi connectivity index (χ3v) is 3.30. The molecule has 1 aromatic carbocycles. The molecule has 1 aliphatic rings. The molecule has 1 fully saturated rings. The molecule has 1 aliphatic carbocycles. The van der Waals surface area contributed by atoms with Gasteiger partial charge in [0.15, 0.2) is 0 Å². The summed E-state index contributed by atoms with van der Waals surface area (Å²) in [5.41, 5.74) is 0.375. The van der Waals surface area contributed by atoms with Gasteiger partial charge in [0.05, 0.1) is 11.4 Å². The second-order valence-electron chi connectivity index (χ2n) is 6.97. The zero-order valence-corrected chi connectivity index (χ0v) is 14.4. The van der Waals surface area contributed by atoms with Gasteiger partial charge >= 0.3 is 6.09 Å². The highest BCUT2D eigenvalue weighted by atomic mass is 19.1. The molecule has 3 N–H and O–H groups in total. The molecule has 0 saturated heterocycles. The molecule has 1 atom stereocenters. The Labute approximate surface area is 141 Å². The number of anilines is 2. The van der Waals surface area contributed by atoms with Gasteiger partial charge in [0.1, 0.15) is 17.5 Å². The van der Waals surface area contributed by atoms with Crippen molar-refractivity contribution >= 4 is 23.4 Å². The van der Waals surface area contributed by atoms with E-state index in [0.717, 1.165) is 12.8 Å². The summed E-state index contributed by atoms with van der Waals surface area (Å²) in [7, 11) is 0. The minimum Gasteiger partial charge on any atom is -0.444 e. The van der Waals surface area contributed by atoms with E-state index in [1.165, 1.54) is 18.2 Å². The largest absolute Gasteiger partial charge is 0.444 e. The van der Waals surface area contributed by atoms with Gasteiger partial charge in [0, 0.05) is 6.04 Å². The highest BCUT2D eigenvalue weighted by Gasteiger charge is 2.24. The summed E-state index contributed by atoms with van der Waals surface area (Å²) < 4.78 is 18.5. The monoisotopic (exact) mass is 337 g/mol. The molecule has 7 heteroatoms. The van der Waals surface area contributed by atoms with Crippen molar-refractivity contribution in [1.82, 2.24) is 5.32 Å². The van der Waals surface area contributed by atoms with Crippen LogP contribution in [0.15, 0.2) is 18.2 Å². The molecule has 0 heterocycles. The first kappa shape index (κ1) is 18.0. The Morgan fingerprint density at radius 3 is 2.50 bits per heavy atom. The number of amides is 2. The topological polar surface area (TPSA) is 79.5 Å². The number of carbonyl (C=O) groups is 2. The molecule has 0 radical (unpaired) electrons. The fourth-order valence-electron chi connectivity index (χ4n) is 1.98. The molecule has 24 heavy (non-hydrogen) atoms. The van der Waals surface area contributed by atoms with Crippen LogP contribution in [-0.4, -0.2) is 29.7 Å². The van der Waals surface area contributed by atoms with E-state index in [0.29, 0.717) is 17.4 Å². The number of benzene rings is 1. The maximum atomic E-state index is 13.4. The molecule has 0 bridgehead atoms. The van der Waals surface area contributed by atoms with Gasteiger partial charge in [0.2, 0.25) is 5.91 Å². The average molecular weight is 337 g/mol. The van der Waals surface area contributed by atoms with Crippen molar-refractivity contribution in [3.05, 3.63) is 24.0 Å². The highest BCUT2D eigenvalue weighted by Crippen LogP contribution is 2.30. The minimum atomic E-state index is -0.793. The van der Waals surface area contributed by atoms with Gasteiger partial charge in [-0.3, -0.25) is 4.79 Å².